The van der Waals surface area contributed by atoms with Crippen LogP contribution in [-0.4, -0.2) is 32.1 Å². The SMILES string of the molecule is CCc1cc2c(c(N3CCN(c4cccc(Cl)c4Cl)CC3)c1C(N)=O)Cc1ccccc1-2. The van der Waals surface area contributed by atoms with Crippen molar-refractivity contribution >= 4 is 40.5 Å². The first-order chi connectivity index (χ1) is 15.5. The van der Waals surface area contributed by atoms with Crippen molar-refractivity contribution in [3.05, 3.63) is 80.8 Å². The van der Waals surface area contributed by atoms with Gasteiger partial charge in [-0.05, 0) is 52.4 Å². The number of hydrogen-bond donors (Lipinski definition) is 1. The summed E-state index contributed by atoms with van der Waals surface area (Å²) in [6.45, 7) is 5.21. The molecule has 0 unspecified atom stereocenters. The number of fused-ring (bicyclic) bond motifs is 3. The largest absolute Gasteiger partial charge is 0.367 e. The number of hydrogen-bond acceptors (Lipinski definition) is 3. The van der Waals surface area contributed by atoms with Gasteiger partial charge in [0.25, 0.3) is 5.91 Å². The van der Waals surface area contributed by atoms with Crippen molar-refractivity contribution in [3.63, 3.8) is 0 Å². The quantitative estimate of drug-likeness (QED) is 0.429. The minimum absolute atomic E-state index is 0.351. The molecule has 5 rings (SSSR count). The van der Waals surface area contributed by atoms with Crippen LogP contribution < -0.4 is 15.5 Å². The van der Waals surface area contributed by atoms with Gasteiger partial charge in [0.05, 0.1) is 27.0 Å². The van der Waals surface area contributed by atoms with E-state index in [0.29, 0.717) is 15.6 Å². The third-order valence-electron chi connectivity index (χ3n) is 6.66. The van der Waals surface area contributed by atoms with Crippen LogP contribution in [-0.2, 0) is 12.8 Å². The number of carbonyl (C=O) groups excluding carboxylic acids is 1. The molecule has 2 aliphatic rings. The topological polar surface area (TPSA) is 49.6 Å². The Morgan fingerprint density at radius 2 is 1.69 bits per heavy atom. The third-order valence-corrected chi connectivity index (χ3v) is 7.47. The Hall–Kier alpha value is -2.69. The molecule has 32 heavy (non-hydrogen) atoms. The maximum absolute atomic E-state index is 12.6. The molecule has 3 aromatic carbocycles. The van der Waals surface area contributed by atoms with Crippen LogP contribution in [0.4, 0.5) is 11.4 Å². The van der Waals surface area contributed by atoms with Gasteiger partial charge in [-0.2, -0.15) is 0 Å². The molecule has 0 aromatic heterocycles. The molecule has 2 N–H and O–H groups in total. The van der Waals surface area contributed by atoms with Gasteiger partial charge in [0.1, 0.15) is 0 Å². The molecule has 0 bridgehead atoms. The number of primary amides is 1. The first kappa shape index (κ1) is 21.2. The number of rotatable bonds is 4. The summed E-state index contributed by atoms with van der Waals surface area (Å²) in [6.07, 6.45) is 1.59. The Balaban J connectivity index is 1.54. The zero-order chi connectivity index (χ0) is 22.4. The number of piperazine rings is 1. The first-order valence-corrected chi connectivity index (χ1v) is 11.8. The van der Waals surface area contributed by atoms with Crippen LogP contribution in [0.15, 0.2) is 48.5 Å². The maximum atomic E-state index is 12.6. The number of anilines is 2. The molecule has 1 heterocycles. The van der Waals surface area contributed by atoms with Crippen molar-refractivity contribution in [1.82, 2.24) is 0 Å². The number of halogens is 2. The molecule has 6 heteroatoms. The van der Waals surface area contributed by atoms with E-state index in [-0.39, 0.29) is 5.91 Å². The molecule has 1 saturated heterocycles. The predicted molar refractivity (Wildman–Crippen MR) is 133 cm³/mol. The molecule has 4 nitrogen and oxygen atoms in total. The Morgan fingerprint density at radius 3 is 2.41 bits per heavy atom. The number of aryl methyl sites for hydroxylation is 1. The summed E-state index contributed by atoms with van der Waals surface area (Å²) in [5.41, 5.74) is 14.6. The number of carbonyl (C=O) groups is 1. The Labute approximate surface area is 198 Å². The van der Waals surface area contributed by atoms with Crippen LogP contribution >= 0.6 is 23.2 Å². The van der Waals surface area contributed by atoms with Gasteiger partial charge in [-0.25, -0.2) is 0 Å². The normalized spacial score (nSPS) is 15.0. The van der Waals surface area contributed by atoms with Gasteiger partial charge >= 0.3 is 0 Å². The summed E-state index contributed by atoms with van der Waals surface area (Å²) >= 11 is 12.7. The monoisotopic (exact) mass is 465 g/mol. The van der Waals surface area contributed by atoms with Gasteiger partial charge in [0.15, 0.2) is 0 Å². The average Bonchev–Trinajstić information content (AvgIpc) is 3.18. The minimum Gasteiger partial charge on any atom is -0.367 e. The highest BCUT2D eigenvalue weighted by atomic mass is 35.5. The standard InChI is InChI=1S/C26H25Cl2N3O/c1-2-16-14-19-18-7-4-3-6-17(18)15-20(19)25(23(16)26(29)32)31-12-10-30(11-13-31)22-9-5-8-21(27)24(22)28/h3-9,14H,2,10-13,15H2,1H3,(H2,29,32). The fraction of sp³-hybridized carbons (Fsp3) is 0.269. The highest BCUT2D eigenvalue weighted by Crippen LogP contribution is 2.45. The van der Waals surface area contributed by atoms with E-state index in [1.807, 2.05) is 12.1 Å². The molecular weight excluding hydrogens is 441 g/mol. The van der Waals surface area contributed by atoms with E-state index in [1.54, 1.807) is 6.07 Å². The summed E-state index contributed by atoms with van der Waals surface area (Å²) in [4.78, 5) is 17.2. The molecule has 1 amide bonds. The second kappa shape index (κ2) is 8.34. The van der Waals surface area contributed by atoms with Gasteiger partial charge in [-0.3, -0.25) is 4.79 Å². The van der Waals surface area contributed by atoms with Crippen molar-refractivity contribution in [1.29, 1.82) is 0 Å². The molecule has 0 atom stereocenters. The third kappa shape index (κ3) is 3.42. The van der Waals surface area contributed by atoms with Gasteiger partial charge < -0.3 is 15.5 Å². The Morgan fingerprint density at radius 1 is 0.969 bits per heavy atom. The maximum Gasteiger partial charge on any atom is 0.251 e. The lowest BCUT2D eigenvalue weighted by Gasteiger charge is -2.39. The fourth-order valence-corrected chi connectivity index (χ4v) is 5.54. The van der Waals surface area contributed by atoms with E-state index in [4.69, 9.17) is 28.9 Å². The van der Waals surface area contributed by atoms with Crippen LogP contribution in [0.3, 0.4) is 0 Å². The molecule has 0 saturated carbocycles. The van der Waals surface area contributed by atoms with E-state index in [1.165, 1.54) is 22.3 Å². The zero-order valence-electron chi connectivity index (χ0n) is 18.0. The number of amides is 1. The second-order valence-electron chi connectivity index (χ2n) is 8.38. The number of benzene rings is 3. The van der Waals surface area contributed by atoms with Gasteiger partial charge in [-0.15, -0.1) is 0 Å². The molecular formula is C26H25Cl2N3O. The summed E-state index contributed by atoms with van der Waals surface area (Å²) in [6, 6.07) is 16.4. The Bertz CT molecular complexity index is 1220. The average molecular weight is 466 g/mol. The number of nitrogens with zero attached hydrogens (tertiary/aromatic N) is 2. The Kier molecular flexibility index (Phi) is 5.52. The minimum atomic E-state index is -0.351. The van der Waals surface area contributed by atoms with Crippen LogP contribution in [0.2, 0.25) is 10.0 Å². The van der Waals surface area contributed by atoms with Gasteiger partial charge in [-0.1, -0.05) is 60.5 Å². The summed E-state index contributed by atoms with van der Waals surface area (Å²) in [5, 5.41) is 1.15. The van der Waals surface area contributed by atoms with E-state index >= 15 is 0 Å². The lowest BCUT2D eigenvalue weighted by Crippen LogP contribution is -2.47. The molecule has 1 aliphatic carbocycles. The van der Waals surface area contributed by atoms with Crippen LogP contribution in [0.1, 0.15) is 34.0 Å². The molecule has 1 aliphatic heterocycles. The molecule has 0 spiro atoms. The molecule has 1 fully saturated rings. The highest BCUT2D eigenvalue weighted by molar-refractivity contribution is 6.43. The van der Waals surface area contributed by atoms with Crippen molar-refractivity contribution < 1.29 is 4.79 Å². The molecule has 3 aromatic rings. The molecule has 0 radical (unpaired) electrons. The van der Waals surface area contributed by atoms with Gasteiger partial charge in [0.2, 0.25) is 0 Å². The van der Waals surface area contributed by atoms with Crippen LogP contribution in [0, 0.1) is 0 Å². The summed E-state index contributed by atoms with van der Waals surface area (Å²) in [5.74, 6) is -0.351. The van der Waals surface area contributed by atoms with Crippen LogP contribution in [0.25, 0.3) is 11.1 Å². The predicted octanol–water partition coefficient (Wildman–Crippen LogP) is 5.55. The summed E-state index contributed by atoms with van der Waals surface area (Å²) < 4.78 is 0. The van der Waals surface area contributed by atoms with Gasteiger partial charge in [0, 0.05) is 32.6 Å². The van der Waals surface area contributed by atoms with Crippen molar-refractivity contribution in [2.24, 2.45) is 5.73 Å². The lowest BCUT2D eigenvalue weighted by molar-refractivity contribution is 0.1000. The van der Waals surface area contributed by atoms with E-state index in [9.17, 15) is 4.79 Å². The number of nitrogens with two attached hydrogens (primary N) is 1. The summed E-state index contributed by atoms with van der Waals surface area (Å²) in [7, 11) is 0. The van der Waals surface area contributed by atoms with Crippen molar-refractivity contribution in [3.8, 4) is 11.1 Å². The van der Waals surface area contributed by atoms with Crippen molar-refractivity contribution in [2.75, 3.05) is 36.0 Å². The van der Waals surface area contributed by atoms with E-state index in [0.717, 1.165) is 56.0 Å². The highest BCUT2D eigenvalue weighted by Gasteiger charge is 2.31. The van der Waals surface area contributed by atoms with Crippen molar-refractivity contribution in [2.45, 2.75) is 19.8 Å². The van der Waals surface area contributed by atoms with E-state index < -0.39 is 0 Å². The lowest BCUT2D eigenvalue weighted by atomic mass is 9.92. The molecule has 164 valence electrons. The fourth-order valence-electron chi connectivity index (χ4n) is 5.12. The zero-order valence-corrected chi connectivity index (χ0v) is 19.5. The smallest absolute Gasteiger partial charge is 0.251 e. The first-order valence-electron chi connectivity index (χ1n) is 11.0. The van der Waals surface area contributed by atoms with Crippen LogP contribution in [0.5, 0.6) is 0 Å². The van der Waals surface area contributed by atoms with E-state index in [2.05, 4.69) is 47.1 Å². The second-order valence-corrected chi connectivity index (χ2v) is 9.17.